The normalized spacial score (nSPS) is 55.6. The number of aliphatic hydroxyl groups is 3. The number of hydrogen-bond donors (Lipinski definition) is 3. The molecule has 9 atom stereocenters. The van der Waals surface area contributed by atoms with Crippen LogP contribution in [0.3, 0.4) is 0 Å². The number of aliphatic hydroxyl groups excluding tert-OH is 3. The number of ketones is 2. The van der Waals surface area contributed by atoms with Gasteiger partial charge in [0.05, 0.1) is 23.7 Å². The van der Waals surface area contributed by atoms with Gasteiger partial charge in [-0.1, -0.05) is 13.5 Å². The summed E-state index contributed by atoms with van der Waals surface area (Å²) in [4.78, 5) is 25.6. The lowest BCUT2D eigenvalue weighted by Crippen LogP contribution is -2.69. The molecule has 23 heavy (non-hydrogen) atoms. The Hall–Kier alpha value is -1.04. The zero-order valence-corrected chi connectivity index (χ0v) is 13.3. The van der Waals surface area contributed by atoms with Crippen LogP contribution in [0.4, 0.5) is 0 Å². The van der Waals surface area contributed by atoms with Crippen LogP contribution in [-0.2, 0) is 9.59 Å². The third-order valence-electron chi connectivity index (χ3n) is 7.34. The largest absolute Gasteiger partial charge is 0.391 e. The van der Waals surface area contributed by atoms with Crippen LogP contribution in [0.25, 0.3) is 0 Å². The van der Waals surface area contributed by atoms with Crippen molar-refractivity contribution >= 4 is 11.6 Å². The summed E-state index contributed by atoms with van der Waals surface area (Å²) < 4.78 is 0. The summed E-state index contributed by atoms with van der Waals surface area (Å²) in [7, 11) is 0. The van der Waals surface area contributed by atoms with Crippen LogP contribution in [0.2, 0.25) is 0 Å². The SMILES string of the molecule is C=C1C(=O)C23C(O)C1CCC2C1C(=O)CCC(C)C1C(O)C3O. The van der Waals surface area contributed by atoms with Gasteiger partial charge in [0.2, 0.25) is 0 Å². The van der Waals surface area contributed by atoms with Crippen LogP contribution >= 0.6 is 0 Å². The average molecular weight is 320 g/mol. The maximum Gasteiger partial charge on any atom is 0.170 e. The molecule has 0 aromatic heterocycles. The fourth-order valence-electron chi connectivity index (χ4n) is 6.26. The summed E-state index contributed by atoms with van der Waals surface area (Å²) in [6, 6.07) is 0. The van der Waals surface area contributed by atoms with Crippen LogP contribution in [0.5, 0.6) is 0 Å². The van der Waals surface area contributed by atoms with E-state index in [0.29, 0.717) is 31.3 Å². The molecule has 1 spiro atoms. The Bertz CT molecular complexity index is 598. The summed E-state index contributed by atoms with van der Waals surface area (Å²) >= 11 is 0. The maximum absolute atomic E-state index is 12.9. The number of rotatable bonds is 0. The molecular weight excluding hydrogens is 296 g/mol. The smallest absolute Gasteiger partial charge is 0.170 e. The van der Waals surface area contributed by atoms with Gasteiger partial charge in [0.25, 0.3) is 0 Å². The zero-order valence-electron chi connectivity index (χ0n) is 13.3. The van der Waals surface area contributed by atoms with E-state index in [4.69, 9.17) is 0 Å². The van der Waals surface area contributed by atoms with Gasteiger partial charge in [0, 0.05) is 18.3 Å². The quantitative estimate of drug-likeness (QED) is 0.564. The van der Waals surface area contributed by atoms with Crippen molar-refractivity contribution in [3.63, 3.8) is 0 Å². The van der Waals surface area contributed by atoms with Gasteiger partial charge in [-0.3, -0.25) is 9.59 Å². The standard InChI is InChI=1S/C18H24O5/c1-7-3-6-11(19)13-10-5-4-9-8(2)15(21)18(10,16(9)22)17(23)14(20)12(7)13/h7,9-10,12-14,16-17,20,22-23H,2-6H2,1H3. The minimum absolute atomic E-state index is 0.0689. The van der Waals surface area contributed by atoms with Crippen LogP contribution in [0, 0.1) is 35.0 Å². The maximum atomic E-state index is 12.9. The zero-order chi connectivity index (χ0) is 16.7. The fourth-order valence-corrected chi connectivity index (χ4v) is 6.26. The highest BCUT2D eigenvalue weighted by atomic mass is 16.3. The van der Waals surface area contributed by atoms with E-state index in [1.54, 1.807) is 0 Å². The third kappa shape index (κ3) is 1.58. The molecule has 4 aliphatic carbocycles. The summed E-state index contributed by atoms with van der Waals surface area (Å²) in [5.41, 5.74) is -1.09. The summed E-state index contributed by atoms with van der Waals surface area (Å²) in [5.74, 6) is -1.66. The Kier molecular flexibility index (Phi) is 3.19. The minimum Gasteiger partial charge on any atom is -0.391 e. The first-order valence-electron chi connectivity index (χ1n) is 8.64. The molecule has 4 saturated carbocycles. The Morgan fingerprint density at radius 1 is 1.09 bits per heavy atom. The molecule has 0 saturated heterocycles. The second kappa shape index (κ2) is 4.74. The van der Waals surface area contributed by atoms with Crippen molar-refractivity contribution in [1.29, 1.82) is 0 Å². The Morgan fingerprint density at radius 3 is 2.48 bits per heavy atom. The second-order valence-corrected chi connectivity index (χ2v) is 8.04. The first-order valence-corrected chi connectivity index (χ1v) is 8.64. The van der Waals surface area contributed by atoms with Crippen LogP contribution in [0.1, 0.15) is 32.6 Å². The molecule has 5 nitrogen and oxygen atoms in total. The van der Waals surface area contributed by atoms with E-state index in [1.165, 1.54) is 0 Å². The number of fused-ring (bicyclic) bond motifs is 3. The summed E-state index contributed by atoms with van der Waals surface area (Å²) in [5, 5.41) is 32.4. The molecule has 4 fully saturated rings. The number of carbonyl (C=O) groups is 2. The number of hydrogen-bond acceptors (Lipinski definition) is 5. The van der Waals surface area contributed by atoms with E-state index in [-0.39, 0.29) is 35.2 Å². The van der Waals surface area contributed by atoms with Gasteiger partial charge in [-0.25, -0.2) is 0 Å². The molecule has 126 valence electrons. The highest BCUT2D eigenvalue weighted by molar-refractivity contribution is 6.05. The molecular formula is C18H24O5. The molecule has 2 bridgehead atoms. The lowest BCUT2D eigenvalue weighted by molar-refractivity contribution is -0.225. The molecule has 0 aromatic carbocycles. The van der Waals surface area contributed by atoms with E-state index in [1.807, 2.05) is 6.92 Å². The summed E-state index contributed by atoms with van der Waals surface area (Å²) in [6.07, 6.45) is -1.13. The molecule has 4 rings (SSSR count). The van der Waals surface area contributed by atoms with E-state index < -0.39 is 29.6 Å². The summed E-state index contributed by atoms with van der Waals surface area (Å²) in [6.45, 7) is 5.82. The van der Waals surface area contributed by atoms with Crippen molar-refractivity contribution in [2.75, 3.05) is 0 Å². The lowest BCUT2D eigenvalue weighted by Gasteiger charge is -2.58. The first kappa shape index (κ1) is 15.5. The van der Waals surface area contributed by atoms with Gasteiger partial charge in [-0.2, -0.15) is 0 Å². The molecule has 9 unspecified atom stereocenters. The highest BCUT2D eigenvalue weighted by Crippen LogP contribution is 2.64. The van der Waals surface area contributed by atoms with Gasteiger partial charge < -0.3 is 15.3 Å². The predicted octanol–water partition coefficient (Wildman–Crippen LogP) is 0.466. The van der Waals surface area contributed by atoms with Gasteiger partial charge in [-0.05, 0) is 42.6 Å². The van der Waals surface area contributed by atoms with Crippen LogP contribution in [0.15, 0.2) is 12.2 Å². The van der Waals surface area contributed by atoms with Gasteiger partial charge in [-0.15, -0.1) is 0 Å². The van der Waals surface area contributed by atoms with Gasteiger partial charge in [0.15, 0.2) is 5.78 Å². The number of Topliss-reactive ketones (excluding diaryl/α,β-unsaturated/α-hetero) is 2. The van der Waals surface area contributed by atoms with Crippen molar-refractivity contribution in [2.24, 2.45) is 35.0 Å². The molecule has 0 amide bonds. The van der Waals surface area contributed by atoms with E-state index in [2.05, 4.69) is 6.58 Å². The minimum atomic E-state index is -1.44. The fraction of sp³-hybridized carbons (Fsp3) is 0.778. The van der Waals surface area contributed by atoms with Crippen molar-refractivity contribution in [3.8, 4) is 0 Å². The molecule has 0 aromatic rings. The highest BCUT2D eigenvalue weighted by Gasteiger charge is 2.73. The molecule has 5 heteroatoms. The predicted molar refractivity (Wildman–Crippen MR) is 81.2 cm³/mol. The molecule has 0 aliphatic heterocycles. The molecule has 0 heterocycles. The molecule has 0 radical (unpaired) electrons. The van der Waals surface area contributed by atoms with Crippen LogP contribution < -0.4 is 0 Å². The Labute approximate surface area is 135 Å². The second-order valence-electron chi connectivity index (χ2n) is 8.04. The van der Waals surface area contributed by atoms with E-state index in [9.17, 15) is 24.9 Å². The topological polar surface area (TPSA) is 94.8 Å². The van der Waals surface area contributed by atoms with E-state index in [0.717, 1.165) is 0 Å². The molecule has 4 aliphatic rings. The van der Waals surface area contributed by atoms with Crippen molar-refractivity contribution in [2.45, 2.75) is 50.9 Å². The van der Waals surface area contributed by atoms with Crippen molar-refractivity contribution in [1.82, 2.24) is 0 Å². The van der Waals surface area contributed by atoms with Gasteiger partial charge >= 0.3 is 0 Å². The Morgan fingerprint density at radius 2 is 1.78 bits per heavy atom. The lowest BCUT2D eigenvalue weighted by atomic mass is 9.46. The van der Waals surface area contributed by atoms with Crippen molar-refractivity contribution in [3.05, 3.63) is 12.2 Å². The first-order chi connectivity index (χ1) is 10.8. The van der Waals surface area contributed by atoms with Crippen molar-refractivity contribution < 1.29 is 24.9 Å². The molecule has 3 N–H and O–H groups in total. The monoisotopic (exact) mass is 320 g/mol. The van der Waals surface area contributed by atoms with E-state index >= 15 is 0 Å². The number of carbonyl (C=O) groups excluding carboxylic acids is 2. The average Bonchev–Trinajstić information content (AvgIpc) is 2.64. The Balaban J connectivity index is 1.89. The third-order valence-corrected chi connectivity index (χ3v) is 7.34. The van der Waals surface area contributed by atoms with Crippen LogP contribution in [-0.4, -0.2) is 45.2 Å². The van der Waals surface area contributed by atoms with Gasteiger partial charge in [0.1, 0.15) is 5.78 Å².